The largest absolute Gasteiger partial charge is 0.549 e. The maximum Gasteiger partial charge on any atom is 0.432 e. The van der Waals surface area contributed by atoms with E-state index in [0.717, 1.165) is 7.11 Å². The van der Waals surface area contributed by atoms with Gasteiger partial charge in [0.25, 0.3) is 5.60 Å². The van der Waals surface area contributed by atoms with E-state index in [1.807, 2.05) is 12.2 Å². The molecule has 3 rings (SSSR count). The molecule has 6 nitrogen and oxygen atoms in total. The van der Waals surface area contributed by atoms with Crippen LogP contribution in [0.3, 0.4) is 0 Å². The molecular weight excluding hydrogens is 618 g/mol. The first-order valence-corrected chi connectivity index (χ1v) is 21.5. The second-order valence-corrected chi connectivity index (χ2v) is 24.8. The molecule has 5 atom stereocenters. The lowest BCUT2D eigenvalue weighted by molar-refractivity contribution is -0.278. The fourth-order valence-electron chi connectivity index (χ4n) is 5.33. The van der Waals surface area contributed by atoms with Crippen LogP contribution in [0.25, 0.3) is 0 Å². The average Bonchev–Trinajstić information content (AvgIpc) is 3.10. The number of ketones is 1. The van der Waals surface area contributed by atoms with E-state index in [1.165, 1.54) is 24.3 Å². The molecule has 0 N–H and O–H groups in total. The third kappa shape index (κ3) is 7.46. The van der Waals surface area contributed by atoms with Crippen LogP contribution in [0.5, 0.6) is 0 Å². The summed E-state index contributed by atoms with van der Waals surface area (Å²) in [5.74, 6) is -3.46. The molecule has 0 amide bonds. The molecular formula is C34H51F3O6Si2. The minimum atomic E-state index is -5.16. The quantitative estimate of drug-likeness (QED) is 0.149. The Balaban J connectivity index is 2.12. The van der Waals surface area contributed by atoms with Gasteiger partial charge in [-0.15, -0.1) is 0 Å². The molecule has 0 radical (unpaired) electrons. The number of carbonyl (C=O) groups is 2. The number of hydrogen-bond donors (Lipinski definition) is 0. The average molecular weight is 669 g/mol. The molecule has 252 valence electrons. The molecule has 1 fully saturated rings. The van der Waals surface area contributed by atoms with Gasteiger partial charge in [0.15, 0.2) is 11.9 Å². The number of rotatable bonds is 9. The summed E-state index contributed by atoms with van der Waals surface area (Å²) in [5.41, 5.74) is -3.83. The molecule has 2 aliphatic rings. The number of carbonyl (C=O) groups excluding carboxylic acids is 2. The van der Waals surface area contributed by atoms with Crippen molar-refractivity contribution in [2.75, 3.05) is 7.11 Å². The molecule has 0 unspecified atom stereocenters. The van der Waals surface area contributed by atoms with Crippen molar-refractivity contribution < 1.29 is 41.1 Å². The lowest BCUT2D eigenvalue weighted by atomic mass is 9.84. The van der Waals surface area contributed by atoms with Crippen molar-refractivity contribution in [2.24, 2.45) is 17.8 Å². The zero-order chi connectivity index (χ0) is 34.2. The number of allylic oxidation sites excluding steroid dienone is 3. The lowest BCUT2D eigenvalue weighted by Crippen LogP contribution is -2.54. The number of fused-ring (bicyclic) bond motifs is 3. The second kappa shape index (κ2) is 13.0. The highest BCUT2D eigenvalue weighted by molar-refractivity contribution is 6.74. The van der Waals surface area contributed by atoms with Crippen molar-refractivity contribution in [3.63, 3.8) is 0 Å². The van der Waals surface area contributed by atoms with Crippen molar-refractivity contribution in [1.29, 1.82) is 0 Å². The summed E-state index contributed by atoms with van der Waals surface area (Å²) in [7, 11) is -3.78. The highest BCUT2D eigenvalue weighted by Gasteiger charge is 2.65. The molecule has 45 heavy (non-hydrogen) atoms. The minimum absolute atomic E-state index is 0.0598. The summed E-state index contributed by atoms with van der Waals surface area (Å²) in [4.78, 5) is 28.0. The van der Waals surface area contributed by atoms with Gasteiger partial charge in [0.2, 0.25) is 16.6 Å². The van der Waals surface area contributed by atoms with Crippen LogP contribution in [-0.2, 0) is 33.5 Å². The van der Waals surface area contributed by atoms with Gasteiger partial charge in [0.1, 0.15) is 0 Å². The number of alkyl halides is 3. The zero-order valence-electron chi connectivity index (χ0n) is 28.6. The highest BCUT2D eigenvalue weighted by Crippen LogP contribution is 2.48. The molecule has 0 aliphatic heterocycles. The van der Waals surface area contributed by atoms with E-state index >= 15 is 0 Å². The molecule has 2 bridgehead atoms. The molecule has 0 aromatic heterocycles. The topological polar surface area (TPSA) is 71.1 Å². The third-order valence-corrected chi connectivity index (χ3v) is 19.0. The smallest absolute Gasteiger partial charge is 0.432 e. The van der Waals surface area contributed by atoms with E-state index in [0.29, 0.717) is 25.0 Å². The molecule has 11 heteroatoms. The van der Waals surface area contributed by atoms with Gasteiger partial charge in [0, 0.05) is 24.5 Å². The Morgan fingerprint density at radius 3 is 2.00 bits per heavy atom. The Morgan fingerprint density at radius 2 is 1.49 bits per heavy atom. The maximum absolute atomic E-state index is 14.8. The van der Waals surface area contributed by atoms with Crippen LogP contribution < -0.4 is 0 Å². The Hall–Kier alpha value is -2.38. The number of esters is 1. The Kier molecular flexibility index (Phi) is 10.7. The minimum Gasteiger partial charge on any atom is -0.549 e. The van der Waals surface area contributed by atoms with Crippen molar-refractivity contribution in [3.05, 3.63) is 60.1 Å². The second-order valence-electron chi connectivity index (χ2n) is 15.3. The van der Waals surface area contributed by atoms with Crippen LogP contribution in [0.15, 0.2) is 54.5 Å². The first-order chi connectivity index (χ1) is 20.5. The Labute approximate surface area is 269 Å². The predicted octanol–water partition coefficient (Wildman–Crippen LogP) is 9.06. The summed E-state index contributed by atoms with van der Waals surface area (Å²) < 4.78 is 68.1. The summed E-state index contributed by atoms with van der Waals surface area (Å²) in [5, 5.41) is -0.226. The third-order valence-electron chi connectivity index (χ3n) is 10.3. The zero-order valence-corrected chi connectivity index (χ0v) is 30.6. The first kappa shape index (κ1) is 37.1. The van der Waals surface area contributed by atoms with E-state index in [4.69, 9.17) is 18.3 Å². The van der Waals surface area contributed by atoms with Crippen molar-refractivity contribution in [3.8, 4) is 0 Å². The van der Waals surface area contributed by atoms with E-state index in [9.17, 15) is 22.8 Å². The van der Waals surface area contributed by atoms with Crippen molar-refractivity contribution in [2.45, 2.75) is 115 Å². The van der Waals surface area contributed by atoms with Gasteiger partial charge in [-0.1, -0.05) is 78.3 Å². The van der Waals surface area contributed by atoms with Crippen LogP contribution in [0, 0.1) is 17.8 Å². The summed E-state index contributed by atoms with van der Waals surface area (Å²) in [6.45, 7) is 21.1. The van der Waals surface area contributed by atoms with E-state index < -0.39 is 69.6 Å². The molecule has 1 aromatic rings. The van der Waals surface area contributed by atoms with Crippen molar-refractivity contribution >= 4 is 28.4 Å². The lowest BCUT2D eigenvalue weighted by Gasteiger charge is -2.39. The monoisotopic (exact) mass is 668 g/mol. The molecule has 2 aliphatic carbocycles. The number of benzene rings is 1. The van der Waals surface area contributed by atoms with Gasteiger partial charge < -0.3 is 18.3 Å². The van der Waals surface area contributed by atoms with Gasteiger partial charge in [0.05, 0.1) is 17.9 Å². The Morgan fingerprint density at radius 1 is 0.911 bits per heavy atom. The Bertz CT molecular complexity index is 1280. The predicted molar refractivity (Wildman–Crippen MR) is 174 cm³/mol. The summed E-state index contributed by atoms with van der Waals surface area (Å²) >= 11 is 0. The first-order valence-electron chi connectivity index (χ1n) is 15.7. The molecule has 0 saturated heterocycles. The van der Waals surface area contributed by atoms with Crippen molar-refractivity contribution in [1.82, 2.24) is 0 Å². The molecule has 1 saturated carbocycles. The van der Waals surface area contributed by atoms with Crippen LogP contribution in [-0.4, -0.2) is 47.8 Å². The highest BCUT2D eigenvalue weighted by atomic mass is 28.4. The van der Waals surface area contributed by atoms with E-state index in [2.05, 4.69) is 67.7 Å². The standard InChI is InChI=1S/C34H51F3O6Si2/c1-31(2,3)44(8,9)41-21-20-23-22-27(43-45(10,11)32(4,5)6)26-19-15-18-25(23)29(28(26)38)42-30(39)33(40-7,34(35,36)37)24-16-13-12-14-17-24/h12-14,16-17,20-23,25-26,29H,15,18-19H2,1-11H3/b21-20+/t23-,25+,26-,29-,33-/m0/s1. The van der Waals surface area contributed by atoms with Gasteiger partial charge >= 0.3 is 12.1 Å². The summed E-state index contributed by atoms with van der Waals surface area (Å²) in [6.07, 6.45) is 0.348. The van der Waals surface area contributed by atoms with Crippen LogP contribution in [0.1, 0.15) is 66.4 Å². The number of Topliss-reactive ketones (excluding diaryl/α,β-unsaturated/α-hetero) is 1. The molecule has 1 aromatic carbocycles. The maximum atomic E-state index is 14.8. The molecule has 0 spiro atoms. The normalized spacial score (nSPS) is 24.8. The van der Waals surface area contributed by atoms with E-state index in [1.54, 1.807) is 12.3 Å². The van der Waals surface area contributed by atoms with Gasteiger partial charge in [-0.2, -0.15) is 13.2 Å². The molecule has 0 heterocycles. The van der Waals surface area contributed by atoms with Gasteiger partial charge in [-0.3, -0.25) is 4.79 Å². The van der Waals surface area contributed by atoms with E-state index in [-0.39, 0.29) is 10.1 Å². The summed E-state index contributed by atoms with van der Waals surface area (Å²) in [6, 6.07) is 6.67. The van der Waals surface area contributed by atoms with Crippen LogP contribution in [0.4, 0.5) is 13.2 Å². The number of ether oxygens (including phenoxy) is 2. The SMILES string of the molecule is CO[C@](C(=O)O[C@@H]1C(=O)[C@H]2CCC[C@@H]1[C@@H](/C=C/O[Si](C)(C)C(C)(C)C)C=C2O[Si](C)(C)C(C)(C)C)(c1ccccc1)C(F)(F)F. The van der Waals surface area contributed by atoms with Gasteiger partial charge in [-0.25, -0.2) is 4.79 Å². The number of halogens is 3. The fourth-order valence-corrected chi connectivity index (χ4v) is 7.20. The fraction of sp³-hybridized carbons (Fsp3) is 0.647. The van der Waals surface area contributed by atoms with Crippen LogP contribution in [0.2, 0.25) is 36.3 Å². The number of methoxy groups -OCH3 is 1. The van der Waals surface area contributed by atoms with Crippen LogP contribution >= 0.6 is 0 Å². The number of hydrogen-bond acceptors (Lipinski definition) is 6. The van der Waals surface area contributed by atoms with Gasteiger partial charge in [-0.05, 0) is 61.3 Å².